The second-order valence-corrected chi connectivity index (χ2v) is 9.44. The number of thiazole rings is 1. The van der Waals surface area contributed by atoms with Gasteiger partial charge < -0.3 is 9.80 Å². The number of hydrogen-bond acceptors (Lipinski definition) is 5. The van der Waals surface area contributed by atoms with E-state index in [1.807, 2.05) is 4.90 Å². The topological polar surface area (TPSA) is 56.8 Å². The predicted octanol–water partition coefficient (Wildman–Crippen LogP) is 3.57. The molecule has 0 radical (unpaired) electrons. The van der Waals surface area contributed by atoms with Crippen molar-refractivity contribution in [3.8, 4) is 0 Å². The van der Waals surface area contributed by atoms with Crippen LogP contribution < -0.4 is 0 Å². The molecule has 176 valence electrons. The van der Waals surface area contributed by atoms with Crippen LogP contribution in [0.3, 0.4) is 0 Å². The van der Waals surface area contributed by atoms with E-state index in [4.69, 9.17) is 0 Å². The van der Waals surface area contributed by atoms with Crippen molar-refractivity contribution < 1.29 is 18.4 Å². The standard InChI is InChI=1S/C25H24F2N4O2S/c26-25(27,19-4-2-1-3-5-19)20-8-6-18(7-9-20)23(32)31-16-21(17-31)29-11-13-30(14-12-29)24(33)22-28-10-15-34-22/h1-10,15,21H,11-14,16-17H2. The second kappa shape index (κ2) is 9.23. The average molecular weight is 483 g/mol. The first-order chi connectivity index (χ1) is 16.4. The maximum atomic E-state index is 14.7. The first kappa shape index (κ1) is 22.6. The molecular weight excluding hydrogens is 458 g/mol. The van der Waals surface area contributed by atoms with Crippen molar-refractivity contribution in [3.05, 3.63) is 87.9 Å². The van der Waals surface area contributed by atoms with Crippen LogP contribution in [0.4, 0.5) is 8.78 Å². The van der Waals surface area contributed by atoms with Gasteiger partial charge in [0.15, 0.2) is 5.01 Å². The van der Waals surface area contributed by atoms with Crippen LogP contribution in [0.5, 0.6) is 0 Å². The Bertz CT molecular complexity index is 1140. The highest BCUT2D eigenvalue weighted by molar-refractivity contribution is 7.11. The van der Waals surface area contributed by atoms with Gasteiger partial charge in [-0.15, -0.1) is 11.3 Å². The minimum atomic E-state index is -3.12. The highest BCUT2D eigenvalue weighted by Crippen LogP contribution is 2.35. The van der Waals surface area contributed by atoms with Crippen LogP contribution in [0, 0.1) is 0 Å². The third-order valence-corrected chi connectivity index (χ3v) is 7.27. The van der Waals surface area contributed by atoms with Gasteiger partial charge in [0.1, 0.15) is 0 Å². The van der Waals surface area contributed by atoms with Crippen molar-refractivity contribution >= 4 is 23.2 Å². The van der Waals surface area contributed by atoms with Gasteiger partial charge in [-0.25, -0.2) is 4.98 Å². The summed E-state index contributed by atoms with van der Waals surface area (Å²) in [6, 6.07) is 13.5. The minimum Gasteiger partial charge on any atom is -0.335 e. The summed E-state index contributed by atoms with van der Waals surface area (Å²) < 4.78 is 29.5. The Kier molecular flexibility index (Phi) is 6.14. The van der Waals surface area contributed by atoms with Crippen molar-refractivity contribution in [1.29, 1.82) is 0 Å². The molecule has 3 heterocycles. The Morgan fingerprint density at radius 1 is 0.853 bits per heavy atom. The molecule has 0 unspecified atom stereocenters. The van der Waals surface area contributed by atoms with Crippen molar-refractivity contribution in [2.45, 2.75) is 12.0 Å². The number of rotatable bonds is 5. The molecule has 2 aromatic carbocycles. The minimum absolute atomic E-state index is 0.0265. The summed E-state index contributed by atoms with van der Waals surface area (Å²) >= 11 is 1.35. The lowest BCUT2D eigenvalue weighted by Crippen LogP contribution is -2.64. The third kappa shape index (κ3) is 4.33. The molecule has 9 heteroatoms. The number of benzene rings is 2. The number of hydrogen-bond donors (Lipinski definition) is 0. The number of likely N-dealkylation sites (tertiary alicyclic amines) is 1. The molecule has 6 nitrogen and oxygen atoms in total. The lowest BCUT2D eigenvalue weighted by molar-refractivity contribution is 0.00847. The molecule has 2 saturated heterocycles. The first-order valence-corrected chi connectivity index (χ1v) is 12.1. The summed E-state index contributed by atoms with van der Waals surface area (Å²) in [5, 5.41) is 2.31. The molecule has 1 aromatic heterocycles. The number of carbonyl (C=O) groups excluding carboxylic acids is 2. The Morgan fingerprint density at radius 2 is 1.50 bits per heavy atom. The number of alkyl halides is 2. The summed E-state index contributed by atoms with van der Waals surface area (Å²) in [6.45, 7) is 3.99. The molecular formula is C25H24F2N4O2S. The van der Waals surface area contributed by atoms with Gasteiger partial charge in [0, 0.05) is 73.6 Å². The summed E-state index contributed by atoms with van der Waals surface area (Å²) in [6.07, 6.45) is 1.64. The van der Waals surface area contributed by atoms with E-state index >= 15 is 0 Å². The van der Waals surface area contributed by atoms with Crippen molar-refractivity contribution in [2.24, 2.45) is 0 Å². The van der Waals surface area contributed by atoms with Crippen LogP contribution in [0.1, 0.15) is 31.3 Å². The fraction of sp³-hybridized carbons (Fsp3) is 0.320. The summed E-state index contributed by atoms with van der Waals surface area (Å²) in [5.74, 6) is -3.29. The normalized spacial score (nSPS) is 17.5. The quantitative estimate of drug-likeness (QED) is 0.558. The number of piperazine rings is 1. The zero-order valence-electron chi connectivity index (χ0n) is 18.4. The van der Waals surface area contributed by atoms with Crippen molar-refractivity contribution in [3.63, 3.8) is 0 Å². The molecule has 34 heavy (non-hydrogen) atoms. The van der Waals surface area contributed by atoms with Gasteiger partial charge in [-0.05, 0) is 12.1 Å². The SMILES string of the molecule is O=C(c1ccc(C(F)(F)c2ccccc2)cc1)N1CC(N2CCN(C(=O)c3nccs3)CC2)C1. The van der Waals surface area contributed by atoms with Gasteiger partial charge in [0.05, 0.1) is 0 Å². The van der Waals surface area contributed by atoms with Crippen LogP contribution in [0.15, 0.2) is 66.2 Å². The third-order valence-electron chi connectivity index (χ3n) is 6.51. The molecule has 0 spiro atoms. The monoisotopic (exact) mass is 482 g/mol. The van der Waals surface area contributed by atoms with Crippen LogP contribution in [-0.2, 0) is 5.92 Å². The van der Waals surface area contributed by atoms with Gasteiger partial charge in [-0.2, -0.15) is 8.78 Å². The van der Waals surface area contributed by atoms with Gasteiger partial charge in [0.2, 0.25) is 0 Å². The fourth-order valence-electron chi connectivity index (χ4n) is 4.43. The van der Waals surface area contributed by atoms with Crippen molar-refractivity contribution in [2.75, 3.05) is 39.3 Å². The van der Waals surface area contributed by atoms with E-state index in [-0.39, 0.29) is 29.0 Å². The van der Waals surface area contributed by atoms with Gasteiger partial charge in [0.25, 0.3) is 17.7 Å². The molecule has 2 aliphatic rings. The maximum Gasteiger partial charge on any atom is 0.298 e. The smallest absolute Gasteiger partial charge is 0.298 e. The molecule has 0 aliphatic carbocycles. The van der Waals surface area contributed by atoms with E-state index in [2.05, 4.69) is 9.88 Å². The number of aromatic nitrogens is 1. The molecule has 3 aromatic rings. The van der Waals surface area contributed by atoms with E-state index in [1.54, 1.807) is 34.7 Å². The predicted molar refractivity (Wildman–Crippen MR) is 125 cm³/mol. The van der Waals surface area contributed by atoms with Crippen LogP contribution >= 0.6 is 11.3 Å². The zero-order chi connectivity index (χ0) is 23.7. The molecule has 2 fully saturated rings. The first-order valence-electron chi connectivity index (χ1n) is 11.2. The number of halogens is 2. The van der Waals surface area contributed by atoms with E-state index in [1.165, 1.54) is 47.7 Å². The van der Waals surface area contributed by atoms with Crippen molar-refractivity contribution in [1.82, 2.24) is 19.7 Å². The van der Waals surface area contributed by atoms with Gasteiger partial charge in [-0.1, -0.05) is 42.5 Å². The van der Waals surface area contributed by atoms with E-state index in [0.717, 1.165) is 13.1 Å². The molecule has 0 N–H and O–H groups in total. The Balaban J connectivity index is 1.13. The molecule has 2 aliphatic heterocycles. The fourth-order valence-corrected chi connectivity index (χ4v) is 5.03. The summed E-state index contributed by atoms with van der Waals surface area (Å²) in [7, 11) is 0. The molecule has 0 bridgehead atoms. The Labute approximate surface area is 200 Å². The van der Waals surface area contributed by atoms with Crippen LogP contribution in [0.2, 0.25) is 0 Å². The number of nitrogens with zero attached hydrogens (tertiary/aromatic N) is 4. The number of amides is 2. The number of carbonyl (C=O) groups is 2. The highest BCUT2D eigenvalue weighted by Gasteiger charge is 2.38. The van der Waals surface area contributed by atoms with E-state index in [9.17, 15) is 18.4 Å². The molecule has 5 rings (SSSR count). The van der Waals surface area contributed by atoms with Crippen LogP contribution in [-0.4, -0.2) is 76.8 Å². The Morgan fingerprint density at radius 3 is 2.12 bits per heavy atom. The summed E-state index contributed by atoms with van der Waals surface area (Å²) in [4.78, 5) is 35.2. The van der Waals surface area contributed by atoms with Gasteiger partial charge >= 0.3 is 0 Å². The van der Waals surface area contributed by atoms with E-state index < -0.39 is 5.92 Å². The zero-order valence-corrected chi connectivity index (χ0v) is 19.3. The van der Waals surface area contributed by atoms with Crippen LogP contribution in [0.25, 0.3) is 0 Å². The molecule has 2 amide bonds. The highest BCUT2D eigenvalue weighted by atomic mass is 32.1. The maximum absolute atomic E-state index is 14.7. The Hall–Kier alpha value is -3.17. The largest absolute Gasteiger partial charge is 0.335 e. The van der Waals surface area contributed by atoms with Gasteiger partial charge in [-0.3, -0.25) is 14.5 Å². The second-order valence-electron chi connectivity index (χ2n) is 8.55. The van der Waals surface area contributed by atoms with E-state index in [0.29, 0.717) is 36.8 Å². The lowest BCUT2D eigenvalue weighted by Gasteiger charge is -2.48. The molecule has 0 saturated carbocycles. The summed E-state index contributed by atoms with van der Waals surface area (Å²) in [5.41, 5.74) is 0.194. The lowest BCUT2D eigenvalue weighted by atomic mass is 9.98. The average Bonchev–Trinajstić information content (AvgIpc) is 3.39. The molecule has 0 atom stereocenters.